The van der Waals surface area contributed by atoms with Crippen LogP contribution in [0.3, 0.4) is 0 Å². The molecule has 10 heteroatoms. The number of rotatable bonds is 5. The molecule has 3 heterocycles. The maximum atomic E-state index is 13.3. The van der Waals surface area contributed by atoms with Crippen LogP contribution in [0.25, 0.3) is 6.08 Å². The Morgan fingerprint density at radius 3 is 2.68 bits per heavy atom. The number of ether oxygens (including phenoxy) is 2. The summed E-state index contributed by atoms with van der Waals surface area (Å²) in [4.78, 5) is 31.8. The summed E-state index contributed by atoms with van der Waals surface area (Å²) in [6.07, 6.45) is 1.69. The highest BCUT2D eigenvalue weighted by Crippen LogP contribution is 2.34. The van der Waals surface area contributed by atoms with Gasteiger partial charge in [-0.25, -0.2) is 4.99 Å². The number of amidine groups is 1. The van der Waals surface area contributed by atoms with Crippen LogP contribution in [0.15, 0.2) is 63.7 Å². The van der Waals surface area contributed by atoms with Gasteiger partial charge in [0.15, 0.2) is 16.7 Å². The number of aromatic nitrogens is 1. The van der Waals surface area contributed by atoms with Gasteiger partial charge < -0.3 is 14.0 Å². The fourth-order valence-electron chi connectivity index (χ4n) is 3.40. The number of benzene rings is 2. The number of thioether (sulfide) groups is 1. The van der Waals surface area contributed by atoms with E-state index in [0.717, 1.165) is 22.9 Å². The van der Waals surface area contributed by atoms with Crippen LogP contribution in [0.2, 0.25) is 0 Å². The minimum Gasteiger partial charge on any atom is -0.454 e. The Bertz CT molecular complexity index is 1330. The van der Waals surface area contributed by atoms with E-state index in [-0.39, 0.29) is 35.9 Å². The molecule has 0 saturated carbocycles. The number of nitrogens with zero attached hydrogens (tertiary/aromatic N) is 3. The highest BCUT2D eigenvalue weighted by Gasteiger charge is 2.32. The lowest BCUT2D eigenvalue weighted by Gasteiger charge is -2.17. The molecule has 172 valence electrons. The summed E-state index contributed by atoms with van der Waals surface area (Å²) in [6, 6.07) is 14.6. The van der Waals surface area contributed by atoms with E-state index < -0.39 is 0 Å². The largest absolute Gasteiger partial charge is 0.454 e. The third kappa shape index (κ3) is 4.53. The molecule has 0 unspecified atom stereocenters. The van der Waals surface area contributed by atoms with Crippen LogP contribution in [0.5, 0.6) is 11.5 Å². The average Bonchev–Trinajstić information content (AvgIpc) is 3.52. The molecule has 2 aliphatic heterocycles. The summed E-state index contributed by atoms with van der Waals surface area (Å²) in [5.41, 5.74) is 3.41. The topological polar surface area (TPSA) is 106 Å². The second-order valence-electron chi connectivity index (χ2n) is 7.68. The number of amides is 2. The van der Waals surface area contributed by atoms with Crippen molar-refractivity contribution < 1.29 is 23.6 Å². The van der Waals surface area contributed by atoms with Crippen molar-refractivity contribution in [3.8, 4) is 11.5 Å². The van der Waals surface area contributed by atoms with Crippen LogP contribution in [0.4, 0.5) is 11.6 Å². The van der Waals surface area contributed by atoms with E-state index in [4.69, 9.17) is 14.0 Å². The first-order valence-corrected chi connectivity index (χ1v) is 11.4. The van der Waals surface area contributed by atoms with Crippen LogP contribution in [0, 0.1) is 13.8 Å². The Morgan fingerprint density at radius 2 is 1.91 bits per heavy atom. The maximum Gasteiger partial charge on any atom is 0.283 e. The first-order chi connectivity index (χ1) is 16.5. The minimum atomic E-state index is -0.298. The highest BCUT2D eigenvalue weighted by molar-refractivity contribution is 8.14. The van der Waals surface area contributed by atoms with Gasteiger partial charge in [-0.3, -0.25) is 19.8 Å². The van der Waals surface area contributed by atoms with Gasteiger partial charge in [-0.05, 0) is 49.8 Å². The predicted octanol–water partition coefficient (Wildman–Crippen LogP) is 4.14. The second-order valence-corrected chi connectivity index (χ2v) is 8.62. The van der Waals surface area contributed by atoms with E-state index in [1.165, 1.54) is 4.90 Å². The number of nitrogens with one attached hydrogen (secondary N) is 1. The molecule has 0 fully saturated rings. The minimum absolute atomic E-state index is 0.0333. The quantitative estimate of drug-likeness (QED) is 0.552. The number of fused-ring (bicyclic) bond motifs is 1. The smallest absolute Gasteiger partial charge is 0.283 e. The molecule has 0 aliphatic carbocycles. The van der Waals surface area contributed by atoms with Gasteiger partial charge in [0, 0.05) is 6.07 Å². The third-order valence-electron chi connectivity index (χ3n) is 5.04. The monoisotopic (exact) mass is 476 g/mol. The molecular formula is C24H20N4O5S. The van der Waals surface area contributed by atoms with Gasteiger partial charge in [0.1, 0.15) is 5.70 Å². The van der Waals surface area contributed by atoms with Gasteiger partial charge in [0.05, 0.1) is 17.1 Å². The van der Waals surface area contributed by atoms with E-state index in [1.807, 2.05) is 37.3 Å². The highest BCUT2D eigenvalue weighted by atomic mass is 32.2. The van der Waals surface area contributed by atoms with Crippen LogP contribution in [-0.4, -0.2) is 34.7 Å². The summed E-state index contributed by atoms with van der Waals surface area (Å²) in [5.74, 6) is 1.00. The molecular weight excluding hydrogens is 456 g/mol. The van der Waals surface area contributed by atoms with Crippen molar-refractivity contribution in [1.29, 1.82) is 0 Å². The SMILES string of the molecule is Cc1ccc(N2C(=O)/C(=C/c3ccc4c(c3)OCO4)N=C2SCC(=O)Nc2cc(C)no2)cc1. The molecule has 2 aliphatic rings. The Kier molecular flexibility index (Phi) is 5.81. The molecule has 0 atom stereocenters. The van der Waals surface area contributed by atoms with Crippen LogP contribution < -0.4 is 19.7 Å². The normalized spacial score (nSPS) is 15.7. The Hall–Kier alpha value is -4.05. The molecule has 0 saturated heterocycles. The molecule has 34 heavy (non-hydrogen) atoms. The van der Waals surface area contributed by atoms with Crippen molar-refractivity contribution in [1.82, 2.24) is 5.16 Å². The molecule has 0 bridgehead atoms. The number of aryl methyl sites for hydroxylation is 2. The van der Waals surface area contributed by atoms with Crippen molar-refractivity contribution in [2.45, 2.75) is 13.8 Å². The fourth-order valence-corrected chi connectivity index (χ4v) is 4.21. The molecule has 1 aromatic heterocycles. The summed E-state index contributed by atoms with van der Waals surface area (Å²) in [5, 5.41) is 6.80. The van der Waals surface area contributed by atoms with E-state index in [9.17, 15) is 9.59 Å². The standard InChI is InChI=1S/C24H20N4O5S/c1-14-3-6-17(7-4-14)28-23(30)18(10-16-5-8-19-20(11-16)32-13-31-19)25-24(28)34-12-21(29)26-22-9-15(2)27-33-22/h3-11H,12-13H2,1-2H3,(H,26,29)/b18-10-. The zero-order chi connectivity index (χ0) is 23.7. The predicted molar refractivity (Wildman–Crippen MR) is 129 cm³/mol. The number of hydrogen-bond donors (Lipinski definition) is 1. The van der Waals surface area contributed by atoms with Gasteiger partial charge in [-0.15, -0.1) is 0 Å². The summed E-state index contributed by atoms with van der Waals surface area (Å²) >= 11 is 1.16. The Labute approximate surface area is 199 Å². The number of anilines is 2. The summed E-state index contributed by atoms with van der Waals surface area (Å²) in [7, 11) is 0. The fraction of sp³-hybridized carbons (Fsp3) is 0.167. The van der Waals surface area contributed by atoms with Gasteiger partial charge in [-0.2, -0.15) is 0 Å². The maximum absolute atomic E-state index is 13.3. The molecule has 2 aromatic carbocycles. The Balaban J connectivity index is 1.39. The molecule has 9 nitrogen and oxygen atoms in total. The Morgan fingerprint density at radius 1 is 1.12 bits per heavy atom. The van der Waals surface area contributed by atoms with Gasteiger partial charge >= 0.3 is 0 Å². The van der Waals surface area contributed by atoms with Gasteiger partial charge in [0.2, 0.25) is 18.6 Å². The first kappa shape index (κ1) is 21.8. The molecule has 0 radical (unpaired) electrons. The average molecular weight is 477 g/mol. The lowest BCUT2D eigenvalue weighted by molar-refractivity contribution is -0.114. The molecule has 1 N–H and O–H groups in total. The van der Waals surface area contributed by atoms with E-state index >= 15 is 0 Å². The number of hydrogen-bond acceptors (Lipinski definition) is 8. The van der Waals surface area contributed by atoms with Crippen molar-refractivity contribution >= 4 is 46.4 Å². The molecule has 5 rings (SSSR count). The lowest BCUT2D eigenvalue weighted by atomic mass is 10.1. The molecule has 3 aromatic rings. The van der Waals surface area contributed by atoms with Crippen molar-refractivity contribution in [3.05, 3.63) is 71.0 Å². The summed E-state index contributed by atoms with van der Waals surface area (Å²) in [6.45, 7) is 3.91. The zero-order valence-electron chi connectivity index (χ0n) is 18.4. The van der Waals surface area contributed by atoms with Crippen molar-refractivity contribution in [2.75, 3.05) is 22.8 Å². The third-order valence-corrected chi connectivity index (χ3v) is 5.98. The van der Waals surface area contributed by atoms with Gasteiger partial charge in [-0.1, -0.05) is 40.7 Å². The van der Waals surface area contributed by atoms with Crippen LogP contribution >= 0.6 is 11.8 Å². The van der Waals surface area contributed by atoms with Gasteiger partial charge in [0.25, 0.3) is 5.91 Å². The molecule has 0 spiro atoms. The van der Waals surface area contributed by atoms with E-state index in [0.29, 0.717) is 28.0 Å². The van der Waals surface area contributed by atoms with Crippen LogP contribution in [-0.2, 0) is 9.59 Å². The van der Waals surface area contributed by atoms with Crippen molar-refractivity contribution in [2.24, 2.45) is 4.99 Å². The zero-order valence-corrected chi connectivity index (χ0v) is 19.2. The summed E-state index contributed by atoms with van der Waals surface area (Å²) < 4.78 is 15.8. The van der Waals surface area contributed by atoms with E-state index in [2.05, 4.69) is 15.5 Å². The number of aliphatic imine (C=N–C) groups is 1. The number of carbonyl (C=O) groups excluding carboxylic acids is 2. The lowest BCUT2D eigenvalue weighted by Crippen LogP contribution is -2.31. The first-order valence-electron chi connectivity index (χ1n) is 10.4. The number of carbonyl (C=O) groups is 2. The second kappa shape index (κ2) is 9.06. The van der Waals surface area contributed by atoms with Crippen LogP contribution in [0.1, 0.15) is 16.8 Å². The van der Waals surface area contributed by atoms with E-state index in [1.54, 1.807) is 31.2 Å². The molecule has 2 amide bonds. The van der Waals surface area contributed by atoms with Crippen molar-refractivity contribution in [3.63, 3.8) is 0 Å².